The van der Waals surface area contributed by atoms with Gasteiger partial charge in [-0.2, -0.15) is 0 Å². The second-order valence-corrected chi connectivity index (χ2v) is 9.03. The van der Waals surface area contributed by atoms with E-state index < -0.39 is 11.4 Å². The number of amides is 2. The summed E-state index contributed by atoms with van der Waals surface area (Å²) in [5.41, 5.74) is 1.93. The Kier molecular flexibility index (Phi) is 6.55. The van der Waals surface area contributed by atoms with Crippen LogP contribution in [0, 0.1) is 0 Å². The standard InChI is InChI=1S/C25H23N5O2S/c1-25(2,30-22(31)19-16-26-13-14-27-19)23(32)29-24-28-21(18-11-7-4-8-12-18)20(33-24)15-17-9-5-3-6-10-17/h3-14,16H,15H2,1-2H3,(H,30,31)(H,28,29,32). The number of thiazole rings is 1. The van der Waals surface area contributed by atoms with Crippen LogP contribution >= 0.6 is 11.3 Å². The molecule has 2 N–H and O–H groups in total. The number of carbonyl (C=O) groups is 2. The molecule has 0 aliphatic rings. The van der Waals surface area contributed by atoms with Crippen LogP contribution in [-0.2, 0) is 11.2 Å². The molecule has 166 valence electrons. The molecule has 7 nitrogen and oxygen atoms in total. The lowest BCUT2D eigenvalue weighted by molar-refractivity contribution is -0.120. The van der Waals surface area contributed by atoms with Crippen LogP contribution in [0.1, 0.15) is 34.8 Å². The van der Waals surface area contributed by atoms with Crippen LogP contribution in [-0.4, -0.2) is 32.3 Å². The topological polar surface area (TPSA) is 96.9 Å². The summed E-state index contributed by atoms with van der Waals surface area (Å²) >= 11 is 1.43. The maximum Gasteiger partial charge on any atom is 0.272 e. The molecule has 0 unspecified atom stereocenters. The molecule has 0 aliphatic carbocycles. The Hall–Kier alpha value is -3.91. The minimum absolute atomic E-state index is 0.143. The minimum Gasteiger partial charge on any atom is -0.337 e. The van der Waals surface area contributed by atoms with Crippen molar-refractivity contribution in [2.75, 3.05) is 5.32 Å². The third-order valence-corrected chi connectivity index (χ3v) is 5.93. The van der Waals surface area contributed by atoms with Crippen LogP contribution < -0.4 is 10.6 Å². The van der Waals surface area contributed by atoms with Gasteiger partial charge in [0.25, 0.3) is 11.8 Å². The highest BCUT2D eigenvalue weighted by Gasteiger charge is 2.31. The van der Waals surface area contributed by atoms with Crippen molar-refractivity contribution in [3.8, 4) is 11.3 Å². The molecule has 2 aromatic heterocycles. The second-order valence-electron chi connectivity index (χ2n) is 7.94. The van der Waals surface area contributed by atoms with E-state index in [0.29, 0.717) is 11.6 Å². The van der Waals surface area contributed by atoms with Gasteiger partial charge in [0.05, 0.1) is 11.9 Å². The Balaban J connectivity index is 1.55. The van der Waals surface area contributed by atoms with Crippen molar-refractivity contribution in [1.29, 1.82) is 0 Å². The van der Waals surface area contributed by atoms with Crippen LogP contribution in [0.4, 0.5) is 5.13 Å². The summed E-state index contributed by atoms with van der Waals surface area (Å²) in [4.78, 5) is 39.1. The first-order chi connectivity index (χ1) is 15.9. The number of anilines is 1. The van der Waals surface area contributed by atoms with E-state index in [9.17, 15) is 9.59 Å². The van der Waals surface area contributed by atoms with E-state index in [2.05, 4.69) is 32.7 Å². The van der Waals surface area contributed by atoms with E-state index in [1.807, 2.05) is 48.5 Å². The molecule has 0 fully saturated rings. The summed E-state index contributed by atoms with van der Waals surface area (Å²) in [6.45, 7) is 3.26. The maximum absolute atomic E-state index is 13.0. The molecule has 2 amide bonds. The first-order valence-electron chi connectivity index (χ1n) is 10.4. The molecule has 2 heterocycles. The zero-order valence-electron chi connectivity index (χ0n) is 18.3. The molecule has 4 aromatic rings. The number of aromatic nitrogens is 3. The molecule has 2 aromatic carbocycles. The lowest BCUT2D eigenvalue weighted by Gasteiger charge is -2.24. The van der Waals surface area contributed by atoms with E-state index in [0.717, 1.165) is 21.7 Å². The fraction of sp³-hybridized carbons (Fsp3) is 0.160. The SMILES string of the molecule is CC(C)(NC(=O)c1cnccn1)C(=O)Nc1nc(-c2ccccc2)c(Cc2ccccc2)s1. The average molecular weight is 458 g/mol. The molecule has 0 radical (unpaired) electrons. The van der Waals surface area contributed by atoms with Gasteiger partial charge < -0.3 is 5.32 Å². The highest BCUT2D eigenvalue weighted by Crippen LogP contribution is 2.33. The first-order valence-corrected chi connectivity index (χ1v) is 11.2. The molecule has 8 heteroatoms. The number of carbonyl (C=O) groups excluding carboxylic acids is 2. The number of benzene rings is 2. The summed E-state index contributed by atoms with van der Waals surface area (Å²) in [5, 5.41) is 6.06. The third-order valence-electron chi connectivity index (χ3n) is 4.96. The van der Waals surface area contributed by atoms with Crippen molar-refractivity contribution in [2.45, 2.75) is 25.8 Å². The lowest BCUT2D eigenvalue weighted by Crippen LogP contribution is -2.52. The van der Waals surface area contributed by atoms with Gasteiger partial charge in [0.2, 0.25) is 0 Å². The number of rotatable bonds is 7. The van der Waals surface area contributed by atoms with Crippen molar-refractivity contribution in [3.63, 3.8) is 0 Å². The van der Waals surface area contributed by atoms with Gasteiger partial charge in [-0.05, 0) is 19.4 Å². The van der Waals surface area contributed by atoms with E-state index in [4.69, 9.17) is 4.98 Å². The quantitative estimate of drug-likeness (QED) is 0.430. The fourth-order valence-electron chi connectivity index (χ4n) is 3.20. The summed E-state index contributed by atoms with van der Waals surface area (Å²) in [5.74, 6) is -0.850. The molecule has 0 saturated heterocycles. The van der Waals surface area contributed by atoms with Crippen molar-refractivity contribution >= 4 is 28.3 Å². The highest BCUT2D eigenvalue weighted by molar-refractivity contribution is 7.16. The van der Waals surface area contributed by atoms with Crippen LogP contribution in [0.25, 0.3) is 11.3 Å². The zero-order chi connectivity index (χ0) is 23.3. The fourth-order valence-corrected chi connectivity index (χ4v) is 4.22. The van der Waals surface area contributed by atoms with Crippen molar-refractivity contribution in [3.05, 3.63) is 95.4 Å². The number of hydrogen-bond acceptors (Lipinski definition) is 6. The van der Waals surface area contributed by atoms with Crippen molar-refractivity contribution < 1.29 is 9.59 Å². The summed E-state index contributed by atoms with van der Waals surface area (Å²) < 4.78 is 0. The molecule has 0 aliphatic heterocycles. The molecule has 4 rings (SSSR count). The van der Waals surface area contributed by atoms with Gasteiger partial charge in [0.15, 0.2) is 5.13 Å². The van der Waals surface area contributed by atoms with E-state index in [1.165, 1.54) is 29.9 Å². The van der Waals surface area contributed by atoms with Crippen LogP contribution in [0.2, 0.25) is 0 Å². The normalized spacial score (nSPS) is 11.1. The lowest BCUT2D eigenvalue weighted by atomic mass is 10.0. The van der Waals surface area contributed by atoms with Gasteiger partial charge in [-0.1, -0.05) is 60.7 Å². The van der Waals surface area contributed by atoms with Gasteiger partial charge >= 0.3 is 0 Å². The smallest absolute Gasteiger partial charge is 0.272 e. The predicted octanol–water partition coefficient (Wildman–Crippen LogP) is 4.34. The van der Waals surface area contributed by atoms with Gasteiger partial charge in [0, 0.05) is 29.3 Å². The molecule has 0 atom stereocenters. The van der Waals surface area contributed by atoms with Crippen LogP contribution in [0.5, 0.6) is 0 Å². The molecule has 33 heavy (non-hydrogen) atoms. The minimum atomic E-state index is -1.19. The summed E-state index contributed by atoms with van der Waals surface area (Å²) in [6.07, 6.45) is 4.96. The van der Waals surface area contributed by atoms with Gasteiger partial charge in [0.1, 0.15) is 11.2 Å². The van der Waals surface area contributed by atoms with E-state index in [1.54, 1.807) is 13.8 Å². The van der Waals surface area contributed by atoms with Gasteiger partial charge in [-0.25, -0.2) is 9.97 Å². The van der Waals surface area contributed by atoms with Gasteiger partial charge in [-0.3, -0.25) is 19.9 Å². The Morgan fingerprint density at radius 3 is 2.33 bits per heavy atom. The Bertz CT molecular complexity index is 1240. The van der Waals surface area contributed by atoms with Crippen LogP contribution in [0.3, 0.4) is 0 Å². The largest absolute Gasteiger partial charge is 0.337 e. The Morgan fingerprint density at radius 2 is 1.67 bits per heavy atom. The molecule has 0 saturated carbocycles. The van der Waals surface area contributed by atoms with Crippen LogP contribution in [0.15, 0.2) is 79.3 Å². The molecule has 0 bridgehead atoms. The number of nitrogens with zero attached hydrogens (tertiary/aromatic N) is 3. The maximum atomic E-state index is 13.0. The van der Waals surface area contributed by atoms with Gasteiger partial charge in [-0.15, -0.1) is 11.3 Å². The van der Waals surface area contributed by atoms with Crippen molar-refractivity contribution in [1.82, 2.24) is 20.3 Å². The summed E-state index contributed by atoms with van der Waals surface area (Å²) in [7, 11) is 0. The third kappa shape index (κ3) is 5.48. The predicted molar refractivity (Wildman–Crippen MR) is 129 cm³/mol. The first kappa shape index (κ1) is 22.3. The Labute approximate surface area is 196 Å². The highest BCUT2D eigenvalue weighted by atomic mass is 32.1. The van der Waals surface area contributed by atoms with Crippen molar-refractivity contribution in [2.24, 2.45) is 0 Å². The molecular weight excluding hydrogens is 434 g/mol. The summed E-state index contributed by atoms with van der Waals surface area (Å²) in [6, 6.07) is 20.0. The average Bonchev–Trinajstić information content (AvgIpc) is 3.22. The second kappa shape index (κ2) is 9.70. The molecular formula is C25H23N5O2S. The zero-order valence-corrected chi connectivity index (χ0v) is 19.1. The number of nitrogens with one attached hydrogen (secondary N) is 2. The van der Waals surface area contributed by atoms with E-state index >= 15 is 0 Å². The number of hydrogen-bond donors (Lipinski definition) is 2. The Morgan fingerprint density at radius 1 is 0.970 bits per heavy atom. The van der Waals surface area contributed by atoms with E-state index in [-0.39, 0.29) is 11.6 Å². The monoisotopic (exact) mass is 457 g/mol. The molecule has 0 spiro atoms.